The van der Waals surface area contributed by atoms with E-state index in [0.717, 1.165) is 56.2 Å². The van der Waals surface area contributed by atoms with E-state index in [4.69, 9.17) is 4.74 Å². The van der Waals surface area contributed by atoms with Crippen LogP contribution in [0.2, 0.25) is 0 Å². The SMILES string of the molecule is O=C(CCC1CCCCO1)Nc1nc2c(s1)CNCC2. The molecule has 0 radical (unpaired) electrons. The molecule has 5 nitrogen and oxygen atoms in total. The van der Waals surface area contributed by atoms with Crippen LogP contribution in [0.15, 0.2) is 0 Å². The summed E-state index contributed by atoms with van der Waals surface area (Å²) in [6.45, 7) is 2.69. The first kappa shape index (κ1) is 14.0. The van der Waals surface area contributed by atoms with Crippen molar-refractivity contribution in [2.45, 2.75) is 51.2 Å². The smallest absolute Gasteiger partial charge is 0.226 e. The van der Waals surface area contributed by atoms with E-state index in [-0.39, 0.29) is 12.0 Å². The van der Waals surface area contributed by atoms with E-state index in [2.05, 4.69) is 15.6 Å². The largest absolute Gasteiger partial charge is 0.378 e. The van der Waals surface area contributed by atoms with Gasteiger partial charge in [-0.25, -0.2) is 4.98 Å². The van der Waals surface area contributed by atoms with Crippen LogP contribution in [-0.2, 0) is 22.5 Å². The molecule has 0 aliphatic carbocycles. The van der Waals surface area contributed by atoms with Crippen LogP contribution in [-0.4, -0.2) is 30.1 Å². The van der Waals surface area contributed by atoms with Crippen LogP contribution in [0.1, 0.15) is 42.7 Å². The standard InChI is InChI=1S/C14H21N3O2S/c18-13(5-4-10-3-1-2-8-19-10)17-14-16-11-6-7-15-9-12(11)20-14/h10,15H,1-9H2,(H,16,17,18). The predicted molar refractivity (Wildman–Crippen MR) is 79.0 cm³/mol. The lowest BCUT2D eigenvalue weighted by Crippen LogP contribution is -2.22. The highest BCUT2D eigenvalue weighted by molar-refractivity contribution is 7.15. The Hall–Kier alpha value is -0.980. The summed E-state index contributed by atoms with van der Waals surface area (Å²) >= 11 is 1.59. The first-order valence-corrected chi connectivity index (χ1v) is 8.23. The summed E-state index contributed by atoms with van der Waals surface area (Å²) in [4.78, 5) is 17.7. The molecule has 1 aromatic heterocycles. The number of aromatic nitrogens is 1. The lowest BCUT2D eigenvalue weighted by atomic mass is 10.0. The van der Waals surface area contributed by atoms with Crippen LogP contribution in [0.3, 0.4) is 0 Å². The van der Waals surface area contributed by atoms with Gasteiger partial charge in [-0.2, -0.15) is 0 Å². The van der Waals surface area contributed by atoms with E-state index in [1.54, 1.807) is 11.3 Å². The maximum atomic E-state index is 12.0. The van der Waals surface area contributed by atoms with E-state index < -0.39 is 0 Å². The zero-order valence-electron chi connectivity index (χ0n) is 11.6. The van der Waals surface area contributed by atoms with Crippen LogP contribution in [0, 0.1) is 0 Å². The van der Waals surface area contributed by atoms with E-state index in [1.165, 1.54) is 11.3 Å². The Balaban J connectivity index is 1.47. The number of anilines is 1. The lowest BCUT2D eigenvalue weighted by Gasteiger charge is -2.21. The Kier molecular flexibility index (Phi) is 4.65. The van der Waals surface area contributed by atoms with Crippen molar-refractivity contribution in [3.63, 3.8) is 0 Å². The summed E-state index contributed by atoms with van der Waals surface area (Å²) < 4.78 is 5.64. The molecule has 0 saturated carbocycles. The molecule has 3 heterocycles. The highest BCUT2D eigenvalue weighted by Gasteiger charge is 2.18. The molecule has 1 atom stereocenters. The molecule has 2 aliphatic heterocycles. The molecule has 0 bridgehead atoms. The third-order valence-corrected chi connectivity index (χ3v) is 4.83. The molecular weight excluding hydrogens is 274 g/mol. The summed E-state index contributed by atoms with van der Waals surface area (Å²) in [5.41, 5.74) is 1.14. The molecule has 6 heteroatoms. The predicted octanol–water partition coefficient (Wildman–Crippen LogP) is 2.08. The highest BCUT2D eigenvalue weighted by atomic mass is 32.1. The van der Waals surface area contributed by atoms with E-state index >= 15 is 0 Å². The monoisotopic (exact) mass is 295 g/mol. The molecule has 20 heavy (non-hydrogen) atoms. The van der Waals surface area contributed by atoms with Gasteiger partial charge in [0.1, 0.15) is 0 Å². The number of nitrogens with one attached hydrogen (secondary N) is 2. The van der Waals surface area contributed by atoms with Crippen molar-refractivity contribution in [1.29, 1.82) is 0 Å². The zero-order valence-corrected chi connectivity index (χ0v) is 12.4. The number of carbonyl (C=O) groups excluding carboxylic acids is 1. The third kappa shape index (κ3) is 3.56. The molecule has 110 valence electrons. The highest BCUT2D eigenvalue weighted by Crippen LogP contribution is 2.25. The van der Waals surface area contributed by atoms with Crippen LogP contribution in [0.5, 0.6) is 0 Å². The molecule has 2 N–H and O–H groups in total. The second kappa shape index (κ2) is 6.65. The van der Waals surface area contributed by atoms with Gasteiger partial charge in [-0.1, -0.05) is 0 Å². The number of ether oxygens (including phenoxy) is 1. The number of fused-ring (bicyclic) bond motifs is 1. The number of rotatable bonds is 4. The minimum atomic E-state index is 0.0539. The van der Waals surface area contributed by atoms with Gasteiger partial charge < -0.3 is 15.4 Å². The van der Waals surface area contributed by atoms with Gasteiger partial charge in [0, 0.05) is 37.4 Å². The fourth-order valence-electron chi connectivity index (χ4n) is 2.69. The molecule has 1 unspecified atom stereocenters. The van der Waals surface area contributed by atoms with Gasteiger partial charge in [0.2, 0.25) is 5.91 Å². The van der Waals surface area contributed by atoms with Crippen molar-refractivity contribution in [3.8, 4) is 0 Å². The molecule has 0 spiro atoms. The van der Waals surface area contributed by atoms with Crippen molar-refractivity contribution < 1.29 is 9.53 Å². The second-order valence-electron chi connectivity index (χ2n) is 5.39. The van der Waals surface area contributed by atoms with Crippen LogP contribution < -0.4 is 10.6 Å². The number of nitrogens with zero attached hydrogens (tertiary/aromatic N) is 1. The number of hydrogen-bond acceptors (Lipinski definition) is 5. The Labute approximate surface area is 123 Å². The van der Waals surface area contributed by atoms with Gasteiger partial charge in [0.25, 0.3) is 0 Å². The van der Waals surface area contributed by atoms with Gasteiger partial charge in [-0.05, 0) is 25.7 Å². The van der Waals surface area contributed by atoms with Crippen LogP contribution >= 0.6 is 11.3 Å². The topological polar surface area (TPSA) is 63.2 Å². The first-order chi connectivity index (χ1) is 9.81. The average molecular weight is 295 g/mol. The molecular formula is C14H21N3O2S. The van der Waals surface area contributed by atoms with Crippen molar-refractivity contribution in [3.05, 3.63) is 10.6 Å². The van der Waals surface area contributed by atoms with Gasteiger partial charge in [-0.15, -0.1) is 11.3 Å². The van der Waals surface area contributed by atoms with Crippen LogP contribution in [0.25, 0.3) is 0 Å². The minimum absolute atomic E-state index is 0.0539. The Morgan fingerprint density at radius 1 is 1.50 bits per heavy atom. The number of hydrogen-bond donors (Lipinski definition) is 2. The lowest BCUT2D eigenvalue weighted by molar-refractivity contribution is -0.117. The summed E-state index contributed by atoms with van der Waals surface area (Å²) in [5.74, 6) is 0.0539. The summed E-state index contributed by atoms with van der Waals surface area (Å²) in [7, 11) is 0. The normalized spacial score (nSPS) is 22.3. The van der Waals surface area contributed by atoms with Gasteiger partial charge in [0.15, 0.2) is 5.13 Å². The van der Waals surface area contributed by atoms with E-state index in [0.29, 0.717) is 6.42 Å². The Morgan fingerprint density at radius 3 is 3.25 bits per heavy atom. The average Bonchev–Trinajstić information content (AvgIpc) is 2.88. The van der Waals surface area contributed by atoms with Gasteiger partial charge in [-0.3, -0.25) is 4.79 Å². The summed E-state index contributed by atoms with van der Waals surface area (Å²) in [6.07, 6.45) is 6.02. The molecule has 1 saturated heterocycles. The summed E-state index contributed by atoms with van der Waals surface area (Å²) in [6, 6.07) is 0. The van der Waals surface area contributed by atoms with E-state index in [9.17, 15) is 4.79 Å². The number of carbonyl (C=O) groups is 1. The maximum absolute atomic E-state index is 12.0. The fraction of sp³-hybridized carbons (Fsp3) is 0.714. The second-order valence-corrected chi connectivity index (χ2v) is 6.47. The Bertz CT molecular complexity index is 445. The molecule has 1 aromatic rings. The number of thiazole rings is 1. The maximum Gasteiger partial charge on any atom is 0.226 e. The molecule has 3 rings (SSSR count). The van der Waals surface area contributed by atoms with Crippen molar-refractivity contribution in [1.82, 2.24) is 10.3 Å². The molecule has 1 amide bonds. The van der Waals surface area contributed by atoms with Gasteiger partial charge in [0.05, 0.1) is 11.8 Å². The molecule has 0 aromatic carbocycles. The number of amides is 1. The fourth-order valence-corrected chi connectivity index (χ4v) is 3.68. The van der Waals surface area contributed by atoms with Crippen molar-refractivity contribution >= 4 is 22.4 Å². The molecule has 2 aliphatic rings. The minimum Gasteiger partial charge on any atom is -0.378 e. The van der Waals surface area contributed by atoms with Crippen molar-refractivity contribution in [2.24, 2.45) is 0 Å². The molecule has 1 fully saturated rings. The zero-order chi connectivity index (χ0) is 13.8. The summed E-state index contributed by atoms with van der Waals surface area (Å²) in [5, 5.41) is 6.98. The Morgan fingerprint density at radius 2 is 2.45 bits per heavy atom. The van der Waals surface area contributed by atoms with Gasteiger partial charge >= 0.3 is 0 Å². The van der Waals surface area contributed by atoms with E-state index in [1.807, 2.05) is 0 Å². The quantitative estimate of drug-likeness (QED) is 0.892. The first-order valence-electron chi connectivity index (χ1n) is 7.42. The van der Waals surface area contributed by atoms with Crippen molar-refractivity contribution in [2.75, 3.05) is 18.5 Å². The third-order valence-electron chi connectivity index (χ3n) is 3.82. The van der Waals surface area contributed by atoms with Crippen LogP contribution in [0.4, 0.5) is 5.13 Å².